The SMILES string of the molecule is CC/C=C\C/C=C\C/C=C\C/C=C\C/C=C\CCCCCCCCCCCC(=O)OCC(COC(=O)CCCCCCCCCCCCC)OC(=O)CCCCCCC/C=C\C/C=C\C/C=C\C/C=C\C/C=C\CC. The summed E-state index contributed by atoms with van der Waals surface area (Å²) in [4.78, 5) is 38.2. The van der Waals surface area contributed by atoms with Crippen molar-refractivity contribution in [2.45, 2.75) is 284 Å². The summed E-state index contributed by atoms with van der Waals surface area (Å²) in [5.41, 5.74) is 0. The van der Waals surface area contributed by atoms with E-state index in [-0.39, 0.29) is 31.1 Å². The van der Waals surface area contributed by atoms with Gasteiger partial charge in [-0.2, -0.15) is 0 Å². The molecule has 1 atom stereocenters. The first-order valence-corrected chi connectivity index (χ1v) is 31.0. The van der Waals surface area contributed by atoms with Gasteiger partial charge in [0.1, 0.15) is 13.2 Å². The third kappa shape index (κ3) is 60.6. The van der Waals surface area contributed by atoms with Crippen LogP contribution in [0.4, 0.5) is 0 Å². The molecule has 6 nitrogen and oxygen atoms in total. The fraction of sp³-hybridized carbons (Fsp3) is 0.667. The fourth-order valence-corrected chi connectivity index (χ4v) is 8.38. The van der Waals surface area contributed by atoms with Gasteiger partial charge in [0.2, 0.25) is 0 Å². The average molecular weight is 1040 g/mol. The van der Waals surface area contributed by atoms with Crippen molar-refractivity contribution in [3.63, 3.8) is 0 Å². The molecule has 0 fully saturated rings. The minimum Gasteiger partial charge on any atom is -0.462 e. The summed E-state index contributed by atoms with van der Waals surface area (Å²) in [5.74, 6) is -0.911. The third-order valence-corrected chi connectivity index (χ3v) is 13.0. The van der Waals surface area contributed by atoms with E-state index in [9.17, 15) is 14.4 Å². The molecule has 0 N–H and O–H groups in total. The molecular weight excluding hydrogens is 925 g/mol. The average Bonchev–Trinajstić information content (AvgIpc) is 3.41. The molecule has 0 saturated heterocycles. The van der Waals surface area contributed by atoms with Crippen LogP contribution < -0.4 is 0 Å². The van der Waals surface area contributed by atoms with E-state index >= 15 is 0 Å². The first kappa shape index (κ1) is 70.8. The van der Waals surface area contributed by atoms with Crippen LogP contribution in [0.15, 0.2) is 122 Å². The monoisotopic (exact) mass is 1040 g/mol. The Bertz CT molecular complexity index is 1570. The van der Waals surface area contributed by atoms with E-state index in [2.05, 4.69) is 142 Å². The van der Waals surface area contributed by atoms with E-state index in [1.54, 1.807) is 0 Å². The summed E-state index contributed by atoms with van der Waals surface area (Å²) in [6, 6.07) is 0. The van der Waals surface area contributed by atoms with Crippen LogP contribution in [0.25, 0.3) is 0 Å². The Morgan fingerprint density at radius 3 is 0.813 bits per heavy atom. The Balaban J connectivity index is 4.36. The van der Waals surface area contributed by atoms with Crippen LogP contribution in [0, 0.1) is 0 Å². The lowest BCUT2D eigenvalue weighted by atomic mass is 10.1. The molecule has 0 heterocycles. The molecule has 0 aliphatic carbocycles. The van der Waals surface area contributed by atoms with Crippen LogP contribution in [-0.2, 0) is 28.6 Å². The Morgan fingerprint density at radius 2 is 0.520 bits per heavy atom. The summed E-state index contributed by atoms with van der Waals surface area (Å²) < 4.78 is 16.9. The second-order valence-corrected chi connectivity index (χ2v) is 20.2. The maximum Gasteiger partial charge on any atom is 0.306 e. The minimum atomic E-state index is -0.793. The number of hydrogen-bond donors (Lipinski definition) is 0. The van der Waals surface area contributed by atoms with E-state index in [4.69, 9.17) is 14.2 Å². The molecule has 0 rings (SSSR count). The predicted octanol–water partition coefficient (Wildman–Crippen LogP) is 21.2. The van der Waals surface area contributed by atoms with Crippen molar-refractivity contribution in [2.75, 3.05) is 13.2 Å². The third-order valence-electron chi connectivity index (χ3n) is 13.0. The quantitative estimate of drug-likeness (QED) is 0.0261. The molecular formula is C69H114O6. The van der Waals surface area contributed by atoms with E-state index in [1.807, 2.05) is 0 Å². The van der Waals surface area contributed by atoms with Crippen LogP contribution in [0.5, 0.6) is 0 Å². The second-order valence-electron chi connectivity index (χ2n) is 20.2. The van der Waals surface area contributed by atoms with Gasteiger partial charge in [0.15, 0.2) is 6.10 Å². The van der Waals surface area contributed by atoms with Crippen molar-refractivity contribution in [3.8, 4) is 0 Å². The van der Waals surface area contributed by atoms with Crippen LogP contribution in [0.2, 0.25) is 0 Å². The molecule has 0 saturated carbocycles. The number of rotatable bonds is 55. The van der Waals surface area contributed by atoms with Gasteiger partial charge in [0, 0.05) is 19.3 Å². The van der Waals surface area contributed by atoms with Gasteiger partial charge in [-0.25, -0.2) is 0 Å². The molecule has 0 aliphatic heterocycles. The topological polar surface area (TPSA) is 78.9 Å². The highest BCUT2D eigenvalue weighted by Gasteiger charge is 2.19. The molecule has 0 bridgehead atoms. The lowest BCUT2D eigenvalue weighted by Gasteiger charge is -2.18. The first-order chi connectivity index (χ1) is 37.0. The van der Waals surface area contributed by atoms with Crippen molar-refractivity contribution in [3.05, 3.63) is 122 Å². The van der Waals surface area contributed by atoms with Crippen molar-refractivity contribution in [1.82, 2.24) is 0 Å². The summed E-state index contributed by atoms with van der Waals surface area (Å²) >= 11 is 0. The maximum absolute atomic E-state index is 12.9. The molecule has 0 aromatic rings. The standard InChI is InChI=1S/C69H114O6/c1-4-7-10-13-16-19-22-24-26-28-30-32-33-34-35-37-38-40-42-44-47-50-53-56-59-62-68(71)74-65-66(64-73-67(70)61-58-55-52-49-46-21-18-15-12-9-6-3)75-69(72)63-60-57-54-51-48-45-43-41-39-36-31-29-27-25-23-20-17-14-11-8-5-2/h7-8,10-11,16-17,19-20,24-27,30-32,34-36,41,43,66H,4-6,9,12-15,18,21-23,28-29,33,37-40,42,44-65H2,1-3H3/b10-7-,11-8-,19-16-,20-17-,26-24-,27-25-,32-30-,35-34-,36-31-,43-41-. The van der Waals surface area contributed by atoms with Gasteiger partial charge < -0.3 is 14.2 Å². The van der Waals surface area contributed by atoms with Crippen molar-refractivity contribution in [2.24, 2.45) is 0 Å². The molecule has 0 spiro atoms. The Morgan fingerprint density at radius 1 is 0.280 bits per heavy atom. The van der Waals surface area contributed by atoms with E-state index in [1.165, 1.54) is 89.9 Å². The van der Waals surface area contributed by atoms with Crippen molar-refractivity contribution < 1.29 is 28.6 Å². The number of carbonyl (C=O) groups excluding carboxylic acids is 3. The highest BCUT2D eigenvalue weighted by atomic mass is 16.6. The number of carbonyl (C=O) groups is 3. The van der Waals surface area contributed by atoms with Gasteiger partial charge in [-0.05, 0) is 109 Å². The van der Waals surface area contributed by atoms with Crippen molar-refractivity contribution >= 4 is 17.9 Å². The van der Waals surface area contributed by atoms with Crippen LogP contribution in [0.1, 0.15) is 278 Å². The molecule has 1 unspecified atom stereocenters. The second kappa shape index (κ2) is 62.4. The van der Waals surface area contributed by atoms with Gasteiger partial charge in [0.05, 0.1) is 0 Å². The van der Waals surface area contributed by atoms with Gasteiger partial charge in [-0.3, -0.25) is 14.4 Å². The van der Waals surface area contributed by atoms with E-state index in [0.29, 0.717) is 19.3 Å². The fourth-order valence-electron chi connectivity index (χ4n) is 8.38. The summed E-state index contributed by atoms with van der Waals surface area (Å²) in [5, 5.41) is 0. The number of allylic oxidation sites excluding steroid dienone is 20. The number of unbranched alkanes of at least 4 members (excludes halogenated alkanes) is 24. The summed E-state index contributed by atoms with van der Waals surface area (Å²) in [6.45, 7) is 6.39. The van der Waals surface area contributed by atoms with E-state index in [0.717, 1.165) is 148 Å². The van der Waals surface area contributed by atoms with E-state index < -0.39 is 6.10 Å². The minimum absolute atomic E-state index is 0.0882. The Kier molecular flexibility index (Phi) is 58.9. The molecule has 0 radical (unpaired) electrons. The maximum atomic E-state index is 12.9. The highest BCUT2D eigenvalue weighted by molar-refractivity contribution is 5.71. The molecule has 0 aromatic heterocycles. The molecule has 75 heavy (non-hydrogen) atoms. The van der Waals surface area contributed by atoms with Gasteiger partial charge in [-0.15, -0.1) is 0 Å². The zero-order valence-corrected chi connectivity index (χ0v) is 48.8. The normalized spacial score (nSPS) is 12.9. The van der Waals surface area contributed by atoms with Crippen molar-refractivity contribution in [1.29, 1.82) is 0 Å². The first-order valence-electron chi connectivity index (χ1n) is 31.0. The van der Waals surface area contributed by atoms with Crippen LogP contribution >= 0.6 is 0 Å². The molecule has 6 heteroatoms. The van der Waals surface area contributed by atoms with Gasteiger partial charge >= 0.3 is 17.9 Å². The molecule has 0 aliphatic rings. The zero-order valence-electron chi connectivity index (χ0n) is 48.8. The Labute approximate surface area is 462 Å². The zero-order chi connectivity index (χ0) is 54.3. The lowest BCUT2D eigenvalue weighted by molar-refractivity contribution is -0.167. The highest BCUT2D eigenvalue weighted by Crippen LogP contribution is 2.15. The van der Waals surface area contributed by atoms with Gasteiger partial charge in [0.25, 0.3) is 0 Å². The number of ether oxygens (including phenoxy) is 3. The van der Waals surface area contributed by atoms with Gasteiger partial charge in [-0.1, -0.05) is 271 Å². The summed E-state index contributed by atoms with van der Waals surface area (Å²) in [7, 11) is 0. The van der Waals surface area contributed by atoms with Crippen LogP contribution in [0.3, 0.4) is 0 Å². The number of hydrogen-bond acceptors (Lipinski definition) is 6. The lowest BCUT2D eigenvalue weighted by Crippen LogP contribution is -2.30. The van der Waals surface area contributed by atoms with Crippen LogP contribution in [-0.4, -0.2) is 37.2 Å². The smallest absolute Gasteiger partial charge is 0.306 e. The number of esters is 3. The molecule has 0 amide bonds. The Hall–Kier alpha value is -4.19. The molecule has 426 valence electrons. The molecule has 0 aromatic carbocycles. The summed E-state index contributed by atoms with van der Waals surface area (Å²) in [6.07, 6.45) is 86.2. The predicted molar refractivity (Wildman–Crippen MR) is 325 cm³/mol. The largest absolute Gasteiger partial charge is 0.462 e.